The van der Waals surface area contributed by atoms with Crippen LogP contribution in [-0.4, -0.2) is 18.9 Å². The van der Waals surface area contributed by atoms with Crippen LogP contribution in [0.2, 0.25) is 0 Å². The number of hydrogen-bond donors (Lipinski definition) is 1. The van der Waals surface area contributed by atoms with Gasteiger partial charge in [0.15, 0.2) is 0 Å². The van der Waals surface area contributed by atoms with E-state index in [4.69, 9.17) is 5.73 Å². The minimum absolute atomic E-state index is 0.00933. The molecule has 0 heterocycles. The fourth-order valence-electron chi connectivity index (χ4n) is 1.32. The second-order valence-corrected chi connectivity index (χ2v) is 3.29. The van der Waals surface area contributed by atoms with Crippen molar-refractivity contribution in [3.63, 3.8) is 0 Å². The first-order chi connectivity index (χ1) is 7.04. The molecule has 80 valence electrons. The molecule has 0 aromatic heterocycles. The molecule has 0 radical (unpaired) electrons. The lowest BCUT2D eigenvalue weighted by Gasteiger charge is -2.07. The van der Waals surface area contributed by atoms with Crippen LogP contribution >= 0.6 is 0 Å². The minimum Gasteiger partial charge on any atom is -0.465 e. The van der Waals surface area contributed by atoms with Crippen molar-refractivity contribution in [3.05, 3.63) is 29.3 Å². The zero-order valence-electron chi connectivity index (χ0n) is 8.74. The van der Waals surface area contributed by atoms with Gasteiger partial charge >= 0.3 is 5.97 Å². The van der Waals surface area contributed by atoms with Gasteiger partial charge in [0, 0.05) is 12.1 Å². The van der Waals surface area contributed by atoms with Crippen molar-refractivity contribution in [2.24, 2.45) is 0 Å². The van der Waals surface area contributed by atoms with Gasteiger partial charge in [-0.2, -0.15) is 0 Å². The molecule has 4 heteroatoms. The number of carbonyl (C=O) groups excluding carboxylic acids is 2. The molecule has 0 fully saturated rings. The summed E-state index contributed by atoms with van der Waals surface area (Å²) in [5.41, 5.74) is 7.03. The summed E-state index contributed by atoms with van der Waals surface area (Å²) in [6.07, 6.45) is 0.213. The van der Waals surface area contributed by atoms with E-state index in [0.29, 0.717) is 16.8 Å². The van der Waals surface area contributed by atoms with E-state index in [1.54, 1.807) is 12.1 Å². The van der Waals surface area contributed by atoms with Gasteiger partial charge in [0.2, 0.25) is 0 Å². The molecular formula is C11H13NO3. The van der Waals surface area contributed by atoms with Gasteiger partial charge in [-0.15, -0.1) is 0 Å². The number of ketones is 1. The van der Waals surface area contributed by atoms with Crippen molar-refractivity contribution in [1.82, 2.24) is 0 Å². The van der Waals surface area contributed by atoms with E-state index >= 15 is 0 Å². The smallest absolute Gasteiger partial charge is 0.338 e. The average molecular weight is 207 g/mol. The number of carbonyl (C=O) groups is 2. The molecule has 15 heavy (non-hydrogen) atoms. The highest BCUT2D eigenvalue weighted by Gasteiger charge is 2.13. The summed E-state index contributed by atoms with van der Waals surface area (Å²) in [6, 6.07) is 4.85. The van der Waals surface area contributed by atoms with Gasteiger partial charge in [0.1, 0.15) is 5.78 Å². The minimum atomic E-state index is -0.474. The molecule has 4 nitrogen and oxygen atoms in total. The highest BCUT2D eigenvalue weighted by Crippen LogP contribution is 2.15. The SMILES string of the molecule is COC(=O)c1cc(N)ccc1CC(C)=O. The van der Waals surface area contributed by atoms with Gasteiger partial charge in [-0.3, -0.25) is 4.79 Å². The normalized spacial score (nSPS) is 9.73. The van der Waals surface area contributed by atoms with E-state index in [1.165, 1.54) is 20.1 Å². The monoisotopic (exact) mass is 207 g/mol. The quantitative estimate of drug-likeness (QED) is 0.597. The summed E-state index contributed by atoms with van der Waals surface area (Å²) >= 11 is 0. The molecular weight excluding hydrogens is 194 g/mol. The molecule has 0 unspecified atom stereocenters. The Bertz CT molecular complexity index is 399. The Morgan fingerprint density at radius 1 is 1.40 bits per heavy atom. The first kappa shape index (κ1) is 11.2. The molecule has 1 aromatic rings. The van der Waals surface area contributed by atoms with E-state index in [9.17, 15) is 9.59 Å². The van der Waals surface area contributed by atoms with Crippen molar-refractivity contribution >= 4 is 17.4 Å². The predicted molar refractivity (Wildman–Crippen MR) is 56.6 cm³/mol. The molecule has 2 N–H and O–H groups in total. The fourth-order valence-corrected chi connectivity index (χ4v) is 1.32. The standard InChI is InChI=1S/C11H13NO3/c1-7(13)5-8-3-4-9(12)6-10(8)11(14)15-2/h3-4,6H,5,12H2,1-2H3. The molecule has 0 saturated carbocycles. The molecule has 0 atom stereocenters. The topological polar surface area (TPSA) is 69.4 Å². The maximum absolute atomic E-state index is 11.4. The Kier molecular flexibility index (Phi) is 3.44. The largest absolute Gasteiger partial charge is 0.465 e. The van der Waals surface area contributed by atoms with Crippen LogP contribution in [0.25, 0.3) is 0 Å². The van der Waals surface area contributed by atoms with Gasteiger partial charge in [-0.1, -0.05) is 6.07 Å². The number of anilines is 1. The molecule has 1 aromatic carbocycles. The van der Waals surface area contributed by atoms with Crippen LogP contribution in [0.5, 0.6) is 0 Å². The van der Waals surface area contributed by atoms with E-state index in [-0.39, 0.29) is 12.2 Å². The van der Waals surface area contributed by atoms with E-state index in [1.807, 2.05) is 0 Å². The van der Waals surface area contributed by atoms with Crippen LogP contribution in [0, 0.1) is 0 Å². The van der Waals surface area contributed by atoms with E-state index < -0.39 is 5.97 Å². The number of ether oxygens (including phenoxy) is 1. The van der Waals surface area contributed by atoms with Gasteiger partial charge in [0.25, 0.3) is 0 Å². The number of Topliss-reactive ketones (excluding diaryl/α,β-unsaturated/α-hetero) is 1. The van der Waals surface area contributed by atoms with Crippen molar-refractivity contribution < 1.29 is 14.3 Å². The highest BCUT2D eigenvalue weighted by atomic mass is 16.5. The molecule has 0 aliphatic carbocycles. The lowest BCUT2D eigenvalue weighted by Crippen LogP contribution is -2.09. The molecule has 0 bridgehead atoms. The summed E-state index contributed by atoms with van der Waals surface area (Å²) in [6.45, 7) is 1.47. The number of rotatable bonds is 3. The third-order valence-electron chi connectivity index (χ3n) is 1.98. The number of benzene rings is 1. The van der Waals surface area contributed by atoms with Crippen LogP contribution in [0.1, 0.15) is 22.8 Å². The van der Waals surface area contributed by atoms with Crippen molar-refractivity contribution in [3.8, 4) is 0 Å². The Morgan fingerprint density at radius 2 is 2.07 bits per heavy atom. The summed E-state index contributed by atoms with van der Waals surface area (Å²) in [5.74, 6) is -0.483. The molecule has 0 amide bonds. The Balaban J connectivity index is 3.14. The van der Waals surface area contributed by atoms with Crippen LogP contribution < -0.4 is 5.73 Å². The fraction of sp³-hybridized carbons (Fsp3) is 0.273. The highest BCUT2D eigenvalue weighted by molar-refractivity contribution is 5.94. The van der Waals surface area contributed by atoms with Gasteiger partial charge < -0.3 is 10.5 Å². The summed E-state index contributed by atoms with van der Waals surface area (Å²) in [4.78, 5) is 22.4. The zero-order chi connectivity index (χ0) is 11.4. The first-order valence-electron chi connectivity index (χ1n) is 4.50. The maximum Gasteiger partial charge on any atom is 0.338 e. The van der Waals surface area contributed by atoms with E-state index in [2.05, 4.69) is 4.74 Å². The first-order valence-corrected chi connectivity index (χ1v) is 4.50. The van der Waals surface area contributed by atoms with Crippen molar-refractivity contribution in [1.29, 1.82) is 0 Å². The zero-order valence-corrected chi connectivity index (χ0v) is 8.74. The summed E-state index contributed by atoms with van der Waals surface area (Å²) in [5, 5.41) is 0. The number of nitrogen functional groups attached to an aromatic ring is 1. The third kappa shape index (κ3) is 2.80. The second-order valence-electron chi connectivity index (χ2n) is 3.29. The number of methoxy groups -OCH3 is 1. The molecule has 0 spiro atoms. The molecule has 1 rings (SSSR count). The van der Waals surface area contributed by atoms with Crippen LogP contribution in [0.3, 0.4) is 0 Å². The lowest BCUT2D eigenvalue weighted by atomic mass is 10.0. The molecule has 0 aliphatic rings. The Labute approximate surface area is 88.0 Å². The lowest BCUT2D eigenvalue weighted by molar-refractivity contribution is -0.116. The van der Waals surface area contributed by atoms with E-state index in [0.717, 1.165) is 0 Å². The second kappa shape index (κ2) is 4.59. The number of nitrogens with two attached hydrogens (primary N) is 1. The van der Waals surface area contributed by atoms with Crippen LogP contribution in [0.15, 0.2) is 18.2 Å². The van der Waals surface area contributed by atoms with Crippen molar-refractivity contribution in [2.75, 3.05) is 12.8 Å². The summed E-state index contributed by atoms with van der Waals surface area (Å²) in [7, 11) is 1.29. The number of esters is 1. The Hall–Kier alpha value is -1.84. The van der Waals surface area contributed by atoms with Crippen LogP contribution in [0.4, 0.5) is 5.69 Å². The third-order valence-corrected chi connectivity index (χ3v) is 1.98. The summed E-state index contributed by atoms with van der Waals surface area (Å²) < 4.78 is 4.61. The number of hydrogen-bond acceptors (Lipinski definition) is 4. The van der Waals surface area contributed by atoms with Crippen molar-refractivity contribution in [2.45, 2.75) is 13.3 Å². The van der Waals surface area contributed by atoms with Gasteiger partial charge in [0.05, 0.1) is 12.7 Å². The molecule has 0 aliphatic heterocycles. The van der Waals surface area contributed by atoms with Gasteiger partial charge in [-0.25, -0.2) is 4.79 Å². The Morgan fingerprint density at radius 3 is 2.60 bits per heavy atom. The predicted octanol–water partition coefficient (Wildman–Crippen LogP) is 1.19. The maximum atomic E-state index is 11.4. The average Bonchev–Trinajstić information content (AvgIpc) is 2.19. The van der Waals surface area contributed by atoms with Crippen LogP contribution in [-0.2, 0) is 16.0 Å². The van der Waals surface area contributed by atoms with Gasteiger partial charge in [-0.05, 0) is 24.6 Å². The molecule has 0 saturated heterocycles.